The molecule has 0 bridgehead atoms. The van der Waals surface area contributed by atoms with E-state index in [9.17, 15) is 0 Å². The number of rotatable bonds is 2. The molecule has 0 saturated heterocycles. The summed E-state index contributed by atoms with van der Waals surface area (Å²) < 4.78 is 7.16. The van der Waals surface area contributed by atoms with Gasteiger partial charge in [-0.25, -0.2) is 4.98 Å². The van der Waals surface area contributed by atoms with Crippen LogP contribution in [0.2, 0.25) is 5.02 Å². The predicted octanol–water partition coefficient (Wildman–Crippen LogP) is 4.58. The van der Waals surface area contributed by atoms with Crippen molar-refractivity contribution in [2.75, 3.05) is 0 Å². The maximum Gasteiger partial charge on any atom is 0.148 e. The average molecular weight is 268 g/mol. The van der Waals surface area contributed by atoms with Crippen molar-refractivity contribution in [3.05, 3.63) is 22.2 Å². The number of halogens is 1. The van der Waals surface area contributed by atoms with E-state index in [0.717, 1.165) is 38.8 Å². The highest BCUT2D eigenvalue weighted by molar-refractivity contribution is 7.18. The molecular weight excluding hydrogens is 254 g/mol. The molecule has 3 rings (SSSR count). The fraction of sp³-hybridized carbons (Fsp3) is 0.462. The molecule has 1 saturated carbocycles. The zero-order chi connectivity index (χ0) is 11.8. The van der Waals surface area contributed by atoms with Gasteiger partial charge < -0.3 is 4.74 Å². The molecule has 17 heavy (non-hydrogen) atoms. The molecular formula is C13H14ClNOS. The summed E-state index contributed by atoms with van der Waals surface area (Å²) in [6.07, 6.45) is 5.18. The molecule has 2 aromatic rings. The lowest BCUT2D eigenvalue weighted by molar-refractivity contribution is 0.212. The van der Waals surface area contributed by atoms with Gasteiger partial charge in [-0.05, 0) is 38.7 Å². The van der Waals surface area contributed by atoms with E-state index in [1.165, 1.54) is 12.8 Å². The molecule has 0 radical (unpaired) electrons. The van der Waals surface area contributed by atoms with E-state index in [4.69, 9.17) is 16.3 Å². The second-order valence-corrected chi connectivity index (χ2v) is 6.18. The summed E-state index contributed by atoms with van der Waals surface area (Å²) in [5, 5.41) is 1.78. The van der Waals surface area contributed by atoms with Crippen LogP contribution >= 0.6 is 22.9 Å². The summed E-state index contributed by atoms with van der Waals surface area (Å²) in [6, 6.07) is 3.85. The molecule has 0 amide bonds. The Hall–Kier alpha value is -0.800. The number of thiazole rings is 1. The highest BCUT2D eigenvalue weighted by Crippen LogP contribution is 2.35. The zero-order valence-corrected chi connectivity index (χ0v) is 11.3. The van der Waals surface area contributed by atoms with Gasteiger partial charge >= 0.3 is 0 Å². The first-order valence-electron chi connectivity index (χ1n) is 5.96. The largest absolute Gasteiger partial charge is 0.488 e. The van der Waals surface area contributed by atoms with Gasteiger partial charge in [0.25, 0.3) is 0 Å². The van der Waals surface area contributed by atoms with Crippen molar-refractivity contribution in [3.63, 3.8) is 0 Å². The monoisotopic (exact) mass is 267 g/mol. The van der Waals surface area contributed by atoms with Crippen molar-refractivity contribution in [3.8, 4) is 5.75 Å². The summed E-state index contributed by atoms with van der Waals surface area (Å²) in [7, 11) is 0. The minimum Gasteiger partial charge on any atom is -0.488 e. The third-order valence-electron chi connectivity index (χ3n) is 3.13. The van der Waals surface area contributed by atoms with Gasteiger partial charge in [-0.2, -0.15) is 0 Å². The molecule has 4 heteroatoms. The highest BCUT2D eigenvalue weighted by Gasteiger charge is 2.19. The van der Waals surface area contributed by atoms with Crippen LogP contribution in [0.5, 0.6) is 5.75 Å². The standard InChI is InChI=1S/C13H14ClNOS/c1-8-15-13-11(16-10-4-2-3-5-10)6-9(14)7-12(13)17-8/h6-7,10H,2-5H2,1H3. The lowest BCUT2D eigenvalue weighted by Crippen LogP contribution is -2.11. The molecule has 0 N–H and O–H groups in total. The molecule has 1 aliphatic rings. The number of hydrogen-bond acceptors (Lipinski definition) is 3. The van der Waals surface area contributed by atoms with Gasteiger partial charge in [-0.3, -0.25) is 0 Å². The average Bonchev–Trinajstić information content (AvgIpc) is 2.86. The fourth-order valence-electron chi connectivity index (χ4n) is 2.35. The molecule has 1 heterocycles. The molecule has 0 atom stereocenters. The number of aromatic nitrogens is 1. The quantitative estimate of drug-likeness (QED) is 0.795. The summed E-state index contributed by atoms with van der Waals surface area (Å²) in [4.78, 5) is 4.53. The van der Waals surface area contributed by atoms with Crippen LogP contribution in [0.15, 0.2) is 12.1 Å². The third kappa shape index (κ3) is 2.26. The van der Waals surface area contributed by atoms with Crippen LogP contribution in [0.1, 0.15) is 30.7 Å². The number of aryl methyl sites for hydroxylation is 1. The minimum atomic E-state index is 0.346. The lowest BCUT2D eigenvalue weighted by Gasteiger charge is -2.13. The van der Waals surface area contributed by atoms with Gasteiger partial charge in [0.15, 0.2) is 0 Å². The molecule has 1 fully saturated rings. The van der Waals surface area contributed by atoms with E-state index >= 15 is 0 Å². The van der Waals surface area contributed by atoms with E-state index in [1.54, 1.807) is 11.3 Å². The summed E-state index contributed by atoms with van der Waals surface area (Å²) in [5.41, 5.74) is 0.962. The Kier molecular flexibility index (Phi) is 2.97. The first kappa shape index (κ1) is 11.3. The highest BCUT2D eigenvalue weighted by atomic mass is 35.5. The first-order valence-corrected chi connectivity index (χ1v) is 7.15. The summed E-state index contributed by atoms with van der Waals surface area (Å²) in [6.45, 7) is 2.01. The third-order valence-corrected chi connectivity index (χ3v) is 4.26. The number of benzene rings is 1. The van der Waals surface area contributed by atoms with Crippen molar-refractivity contribution < 1.29 is 4.74 Å². The Labute approximate surface area is 110 Å². The number of fused-ring (bicyclic) bond motifs is 1. The van der Waals surface area contributed by atoms with Gasteiger partial charge in [-0.1, -0.05) is 11.6 Å². The Morgan fingerprint density at radius 1 is 1.35 bits per heavy atom. The van der Waals surface area contributed by atoms with Crippen molar-refractivity contribution >= 4 is 33.2 Å². The second-order valence-electron chi connectivity index (χ2n) is 4.51. The number of ether oxygens (including phenoxy) is 1. The number of nitrogens with zero attached hydrogens (tertiary/aromatic N) is 1. The van der Waals surface area contributed by atoms with E-state index in [2.05, 4.69) is 4.98 Å². The van der Waals surface area contributed by atoms with Crippen molar-refractivity contribution in [2.45, 2.75) is 38.7 Å². The molecule has 1 aromatic carbocycles. The Balaban J connectivity index is 2.01. The normalized spacial score (nSPS) is 16.8. The van der Waals surface area contributed by atoms with Gasteiger partial charge in [0.05, 0.1) is 15.8 Å². The van der Waals surface area contributed by atoms with Crippen LogP contribution in [-0.4, -0.2) is 11.1 Å². The van der Waals surface area contributed by atoms with Gasteiger partial charge in [0.2, 0.25) is 0 Å². The topological polar surface area (TPSA) is 22.1 Å². The van der Waals surface area contributed by atoms with Crippen molar-refractivity contribution in [1.29, 1.82) is 0 Å². The summed E-state index contributed by atoms with van der Waals surface area (Å²) in [5.74, 6) is 0.851. The molecule has 2 nitrogen and oxygen atoms in total. The molecule has 90 valence electrons. The molecule has 1 aromatic heterocycles. The summed E-state index contributed by atoms with van der Waals surface area (Å²) >= 11 is 7.78. The van der Waals surface area contributed by atoms with E-state index < -0.39 is 0 Å². The Morgan fingerprint density at radius 2 is 2.12 bits per heavy atom. The Bertz CT molecular complexity index is 546. The van der Waals surface area contributed by atoms with E-state index in [-0.39, 0.29) is 0 Å². The lowest BCUT2D eigenvalue weighted by atomic mass is 10.3. The SMILES string of the molecule is Cc1nc2c(OC3CCCC3)cc(Cl)cc2s1. The van der Waals surface area contributed by atoms with Gasteiger partial charge in [0.1, 0.15) is 11.3 Å². The van der Waals surface area contributed by atoms with Crippen LogP contribution < -0.4 is 4.74 Å². The van der Waals surface area contributed by atoms with E-state index in [0.29, 0.717) is 6.10 Å². The minimum absolute atomic E-state index is 0.346. The fourth-order valence-corrected chi connectivity index (χ4v) is 3.51. The molecule has 0 aliphatic heterocycles. The van der Waals surface area contributed by atoms with Crippen LogP contribution in [0, 0.1) is 6.92 Å². The van der Waals surface area contributed by atoms with Crippen LogP contribution in [0.4, 0.5) is 0 Å². The first-order chi connectivity index (χ1) is 8.22. The van der Waals surface area contributed by atoms with Crippen molar-refractivity contribution in [2.24, 2.45) is 0 Å². The smallest absolute Gasteiger partial charge is 0.148 e. The Morgan fingerprint density at radius 3 is 2.88 bits per heavy atom. The van der Waals surface area contributed by atoms with Gasteiger partial charge in [0, 0.05) is 11.1 Å². The molecule has 0 spiro atoms. The molecule has 1 aliphatic carbocycles. The predicted molar refractivity (Wildman–Crippen MR) is 72.3 cm³/mol. The second kappa shape index (κ2) is 4.46. The van der Waals surface area contributed by atoms with Crippen LogP contribution in [0.3, 0.4) is 0 Å². The van der Waals surface area contributed by atoms with E-state index in [1.807, 2.05) is 19.1 Å². The molecule has 0 unspecified atom stereocenters. The maximum atomic E-state index is 6.12. The van der Waals surface area contributed by atoms with Crippen molar-refractivity contribution in [1.82, 2.24) is 4.98 Å². The zero-order valence-electron chi connectivity index (χ0n) is 9.70. The number of hydrogen-bond donors (Lipinski definition) is 0. The van der Waals surface area contributed by atoms with Gasteiger partial charge in [-0.15, -0.1) is 11.3 Å². The maximum absolute atomic E-state index is 6.12. The van der Waals surface area contributed by atoms with Crippen LogP contribution in [0.25, 0.3) is 10.2 Å². The van der Waals surface area contributed by atoms with Crippen LogP contribution in [-0.2, 0) is 0 Å².